The molecule has 0 amide bonds. The van der Waals surface area contributed by atoms with Gasteiger partial charge in [0.1, 0.15) is 23.3 Å². The van der Waals surface area contributed by atoms with Gasteiger partial charge in [-0.25, -0.2) is 39.5 Å². The molecule has 0 spiro atoms. The predicted molar refractivity (Wildman–Crippen MR) is 394 cm³/mol. The van der Waals surface area contributed by atoms with Crippen molar-refractivity contribution in [3.05, 3.63) is 317 Å². The van der Waals surface area contributed by atoms with Crippen LogP contribution in [0.4, 0.5) is 65.9 Å². The Labute approximate surface area is 611 Å². The van der Waals surface area contributed by atoms with Crippen molar-refractivity contribution in [1.82, 2.24) is 0 Å². The van der Waals surface area contributed by atoms with Crippen LogP contribution in [0, 0.1) is 70.6 Å². The minimum absolute atomic E-state index is 0.00500. The van der Waals surface area contributed by atoms with Crippen LogP contribution in [0.25, 0.3) is 0 Å². The predicted octanol–water partition coefficient (Wildman–Crippen LogP) is 30.1. The maximum absolute atomic E-state index is 12.7. The summed E-state index contributed by atoms with van der Waals surface area (Å²) in [5, 5.41) is 9.82. The van der Waals surface area contributed by atoms with E-state index in [1.165, 1.54) is 84.1 Å². The van der Waals surface area contributed by atoms with Crippen LogP contribution >= 0.6 is 23.2 Å². The molecule has 9 aromatic rings. The van der Waals surface area contributed by atoms with Crippen LogP contribution in [-0.2, 0) is 12.4 Å². The summed E-state index contributed by atoms with van der Waals surface area (Å²) in [7, 11) is 0. The Morgan fingerprint density at radius 3 is 0.932 bits per heavy atom. The molecule has 0 aromatic heterocycles. The summed E-state index contributed by atoms with van der Waals surface area (Å²) in [6, 6.07) is 49.0. The largest absolute Gasteiger partial charge is 0.416 e. The lowest BCUT2D eigenvalue weighted by Gasteiger charge is -2.15. The van der Waals surface area contributed by atoms with E-state index in [0.29, 0.717) is 45.7 Å². The maximum atomic E-state index is 12.7. The number of hydrogen-bond donors (Lipinski definition) is 0. The van der Waals surface area contributed by atoms with Crippen molar-refractivity contribution >= 4 is 23.2 Å². The first-order valence-electron chi connectivity index (χ1n) is 33.6. The summed E-state index contributed by atoms with van der Waals surface area (Å²) in [4.78, 5) is 0. The molecule has 0 radical (unpaired) electrons. The van der Waals surface area contributed by atoms with Crippen molar-refractivity contribution in [2.75, 3.05) is 0 Å². The normalized spacial score (nSPS) is 10.9. The molecule has 18 heteroatoms. The van der Waals surface area contributed by atoms with E-state index in [1.54, 1.807) is 26.0 Å². The Morgan fingerprint density at radius 1 is 0.282 bits per heavy atom. The average molecular weight is 1490 g/mol. The second kappa shape index (κ2) is 45.3. The molecule has 0 aliphatic carbocycles. The first-order chi connectivity index (χ1) is 47.7. The molecule has 0 saturated heterocycles. The van der Waals surface area contributed by atoms with Gasteiger partial charge in [0.2, 0.25) is 0 Å². The van der Waals surface area contributed by atoms with Gasteiger partial charge in [0, 0.05) is 16.1 Å². The first-order valence-corrected chi connectivity index (χ1v) is 34.3. The van der Waals surface area contributed by atoms with Crippen LogP contribution < -0.4 is 0 Å². The van der Waals surface area contributed by atoms with E-state index in [2.05, 4.69) is 98.7 Å². The molecule has 0 atom stereocenters. The fourth-order valence-electron chi connectivity index (χ4n) is 8.64. The Hall–Kier alpha value is -8.00. The quantitative estimate of drug-likeness (QED) is 0.104. The average Bonchev–Trinajstić information content (AvgIpc) is 0.803. The number of benzene rings is 9. The van der Waals surface area contributed by atoms with Gasteiger partial charge in [0.15, 0.2) is 29.1 Å². The van der Waals surface area contributed by atoms with Crippen molar-refractivity contribution in [2.45, 2.75) is 197 Å². The topological polar surface area (TPSA) is 23.8 Å². The lowest BCUT2D eigenvalue weighted by atomic mass is 9.97. The van der Waals surface area contributed by atoms with E-state index in [1.807, 2.05) is 96.1 Å². The molecule has 0 bridgehead atoms. The van der Waals surface area contributed by atoms with Gasteiger partial charge >= 0.3 is 12.4 Å². The van der Waals surface area contributed by atoms with Crippen LogP contribution in [0.3, 0.4) is 0 Å². The number of hydrogen-bond acceptors (Lipinski definition) is 1. The molecule has 1 nitrogen and oxygen atoms in total. The molecule has 103 heavy (non-hydrogen) atoms. The van der Waals surface area contributed by atoms with Gasteiger partial charge in [-0.3, -0.25) is 0 Å². The number of halogens is 17. The van der Waals surface area contributed by atoms with Gasteiger partial charge in [0.25, 0.3) is 0 Å². The molecule has 0 aliphatic rings. The van der Waals surface area contributed by atoms with Gasteiger partial charge in [0.05, 0.1) is 22.8 Å². The molecule has 0 heterocycles. The third-order valence-electron chi connectivity index (χ3n) is 15.1. The van der Waals surface area contributed by atoms with Gasteiger partial charge in [-0.15, -0.1) is 0 Å². The molecule has 0 saturated carbocycles. The Balaban J connectivity index is 0.000000582. The fraction of sp³-hybridized carbons (Fsp3) is 0.353. The molecular weight excluding hydrogens is 1390 g/mol. The zero-order chi connectivity index (χ0) is 79.0. The highest BCUT2D eigenvalue weighted by molar-refractivity contribution is 6.31. The van der Waals surface area contributed by atoms with Crippen LogP contribution in [0.5, 0.6) is 0 Å². The summed E-state index contributed by atoms with van der Waals surface area (Å²) in [5.74, 6) is -4.07. The number of rotatable bonds is 9. The SMILES string of the molecule is CC(C)c1cc(C(F)(F)F)cc(C(F)(F)F)c1.CC(C)c1cc(F)c(F)c(F)c1.CC(C)c1cc(F)cc(Cl)c1.CC(C)c1cc(F)cc(F)c1.CC(C)c1ccc(C#N)cc1.CC(C)c1ccc(F)c(F)c1.CC(C)c1ccc(F)cc1.CC(C)c1ccccc1.Cc1cc(Cl)cc(C(C)C)c1. The monoisotopic (exact) mass is 1490 g/mol. The molecular formula is C85H96Cl2F15N. The Bertz CT molecular complexity index is 3730. The minimum Gasteiger partial charge on any atom is -0.207 e. The lowest BCUT2D eigenvalue weighted by molar-refractivity contribution is -0.143. The van der Waals surface area contributed by atoms with Crippen LogP contribution in [0.15, 0.2) is 182 Å². The van der Waals surface area contributed by atoms with Crippen molar-refractivity contribution in [2.24, 2.45) is 0 Å². The fourth-order valence-corrected chi connectivity index (χ4v) is 9.16. The van der Waals surface area contributed by atoms with Gasteiger partial charge in [-0.1, -0.05) is 215 Å². The smallest absolute Gasteiger partial charge is 0.207 e. The van der Waals surface area contributed by atoms with Gasteiger partial charge < -0.3 is 0 Å². The van der Waals surface area contributed by atoms with Crippen molar-refractivity contribution in [3.8, 4) is 6.07 Å². The van der Waals surface area contributed by atoms with E-state index in [9.17, 15) is 65.9 Å². The molecule has 0 N–H and O–H groups in total. The number of nitriles is 1. The molecule has 0 fully saturated rings. The van der Waals surface area contributed by atoms with Crippen molar-refractivity contribution < 1.29 is 65.9 Å². The zero-order valence-electron chi connectivity index (χ0n) is 61.9. The van der Waals surface area contributed by atoms with Crippen LogP contribution in [0.2, 0.25) is 10.0 Å². The lowest BCUT2D eigenvalue weighted by Crippen LogP contribution is -2.12. The van der Waals surface area contributed by atoms with Crippen LogP contribution in [0.1, 0.15) is 250 Å². The molecule has 560 valence electrons. The Kier molecular flexibility index (Phi) is 40.9. The maximum Gasteiger partial charge on any atom is 0.416 e. The standard InChI is InChI=1S/C11H10F6.C10H13Cl.C10H11N.C9H10ClF.C9H9F3.2C9H10F2.C9H11F.C9H12/c1-6(2)7-3-8(10(12,13)14)5-9(4-7)11(15,16)17;1-7(2)9-4-8(3)5-10(11)6-9;1-8(2)10-5-3-9(7-11)4-6-10;1-6(2)7-3-8(10)5-9(11)4-7;1-5(2)6-3-7(10)9(12)8(11)4-6;1-6(2)7-3-8(10)5-9(11)4-7;1-6(2)7-3-4-8(10)9(11)5-7;1-7(2)8-3-5-9(10)6-4-8;1-8(2)9-6-4-3-5-7-9/h3-6H,1-2H3;4-7H,1-3H3;3-6,8H,1-2H3;3-6H,1-2H3;3-5H,1-2H3;2*3-6H,1-2H3;3-7H,1-2H3;3-8H,1-2H3. The molecule has 9 rings (SSSR count). The second-order valence-electron chi connectivity index (χ2n) is 26.9. The van der Waals surface area contributed by atoms with Gasteiger partial charge in [-0.2, -0.15) is 31.6 Å². The highest BCUT2D eigenvalue weighted by Crippen LogP contribution is 2.38. The third-order valence-corrected chi connectivity index (χ3v) is 15.5. The second-order valence-corrected chi connectivity index (χ2v) is 27.7. The van der Waals surface area contributed by atoms with E-state index >= 15 is 0 Å². The van der Waals surface area contributed by atoms with Gasteiger partial charge in [-0.05, 0) is 225 Å². The third kappa shape index (κ3) is 36.8. The summed E-state index contributed by atoms with van der Waals surface area (Å²) < 4.78 is 187. The zero-order valence-corrected chi connectivity index (χ0v) is 63.4. The number of alkyl halides is 6. The minimum atomic E-state index is -4.77. The van der Waals surface area contributed by atoms with E-state index in [4.69, 9.17) is 28.5 Å². The van der Waals surface area contributed by atoms with E-state index < -0.39 is 70.1 Å². The Morgan fingerprint density at radius 2 is 0.592 bits per heavy atom. The molecule has 0 aliphatic heterocycles. The summed E-state index contributed by atoms with van der Waals surface area (Å²) in [6.07, 6.45) is -9.55. The molecule has 9 aromatic carbocycles. The van der Waals surface area contributed by atoms with Crippen molar-refractivity contribution in [3.63, 3.8) is 0 Å². The van der Waals surface area contributed by atoms with E-state index in [-0.39, 0.29) is 41.0 Å². The van der Waals surface area contributed by atoms with E-state index in [0.717, 1.165) is 58.1 Å². The number of aryl methyl sites for hydroxylation is 1. The highest BCUT2D eigenvalue weighted by atomic mass is 35.5. The van der Waals surface area contributed by atoms with Crippen LogP contribution in [-0.4, -0.2) is 0 Å². The van der Waals surface area contributed by atoms with Crippen molar-refractivity contribution in [1.29, 1.82) is 5.26 Å². The summed E-state index contributed by atoms with van der Waals surface area (Å²) >= 11 is 11.5. The molecule has 0 unspecified atom stereocenters. The highest BCUT2D eigenvalue weighted by Gasteiger charge is 2.37. The summed E-state index contributed by atoms with van der Waals surface area (Å²) in [6.45, 7) is 37.6. The first kappa shape index (κ1) is 93.0. The summed E-state index contributed by atoms with van der Waals surface area (Å²) in [5.41, 5.74) is 7.57. The number of nitrogens with zero attached hydrogens (tertiary/aromatic N) is 1.